The highest BCUT2D eigenvalue weighted by Crippen LogP contribution is 2.19. The van der Waals surface area contributed by atoms with Crippen molar-refractivity contribution in [1.29, 1.82) is 0 Å². The first-order chi connectivity index (χ1) is 8.06. The van der Waals surface area contributed by atoms with E-state index in [0.717, 1.165) is 0 Å². The molecule has 3 heterocycles. The molecule has 4 atom stereocenters. The Morgan fingerprint density at radius 1 is 1.00 bits per heavy atom. The third-order valence-corrected chi connectivity index (χ3v) is 3.08. The maximum absolute atomic E-state index is 11.6. The zero-order chi connectivity index (χ0) is 12.2. The second kappa shape index (κ2) is 3.23. The molecule has 92 valence electrons. The van der Waals surface area contributed by atoms with Crippen LogP contribution in [0.3, 0.4) is 0 Å². The summed E-state index contributed by atoms with van der Waals surface area (Å²) in [6.45, 7) is 1.40. The molecule has 5 N–H and O–H groups in total. The lowest BCUT2D eigenvalue weighted by Gasteiger charge is -2.43. The van der Waals surface area contributed by atoms with E-state index in [2.05, 4.69) is 26.6 Å². The average Bonchev–Trinajstić information content (AvgIpc) is 2.73. The van der Waals surface area contributed by atoms with Gasteiger partial charge in [0.25, 0.3) is 0 Å². The first kappa shape index (κ1) is 10.1. The molecule has 3 aliphatic heterocycles. The van der Waals surface area contributed by atoms with Crippen LogP contribution in [0.15, 0.2) is 0 Å². The van der Waals surface area contributed by atoms with Gasteiger partial charge >= 0.3 is 12.1 Å². The number of piperazine rings is 1. The van der Waals surface area contributed by atoms with Gasteiger partial charge in [0.1, 0.15) is 24.7 Å². The van der Waals surface area contributed by atoms with Crippen LogP contribution in [-0.4, -0.2) is 47.5 Å². The summed E-state index contributed by atoms with van der Waals surface area (Å²) in [5, 5.41) is 13.6. The second-order valence-electron chi connectivity index (χ2n) is 4.17. The molecule has 17 heavy (non-hydrogen) atoms. The van der Waals surface area contributed by atoms with Crippen LogP contribution < -0.4 is 26.6 Å². The molecule has 9 nitrogen and oxygen atoms in total. The van der Waals surface area contributed by atoms with Crippen LogP contribution >= 0.6 is 0 Å². The third-order valence-electron chi connectivity index (χ3n) is 3.08. The summed E-state index contributed by atoms with van der Waals surface area (Å²) in [7, 11) is 0. The third kappa shape index (κ3) is 1.39. The zero-order valence-electron chi connectivity index (χ0n) is 8.98. The van der Waals surface area contributed by atoms with E-state index in [1.807, 2.05) is 0 Å². The predicted molar refractivity (Wildman–Crippen MR) is 54.1 cm³/mol. The lowest BCUT2D eigenvalue weighted by molar-refractivity contribution is -0.138. The fourth-order valence-corrected chi connectivity index (χ4v) is 2.44. The highest BCUT2D eigenvalue weighted by Gasteiger charge is 2.51. The molecule has 5 amide bonds. The Morgan fingerprint density at radius 2 is 1.47 bits per heavy atom. The molecular weight excluding hydrogens is 228 g/mol. The average molecular weight is 240 g/mol. The van der Waals surface area contributed by atoms with Crippen LogP contribution in [0.4, 0.5) is 9.59 Å². The highest BCUT2D eigenvalue weighted by molar-refractivity contribution is 5.83. The molecule has 3 fully saturated rings. The van der Waals surface area contributed by atoms with Crippen LogP contribution in [0.1, 0.15) is 6.92 Å². The van der Waals surface area contributed by atoms with Gasteiger partial charge in [-0.25, -0.2) is 9.59 Å². The van der Waals surface area contributed by atoms with Crippen molar-refractivity contribution in [3.8, 4) is 0 Å². The van der Waals surface area contributed by atoms with Crippen LogP contribution in [-0.2, 0) is 4.79 Å². The number of nitrogens with zero attached hydrogens (tertiary/aromatic N) is 1. The van der Waals surface area contributed by atoms with E-state index < -0.39 is 24.7 Å². The van der Waals surface area contributed by atoms with E-state index >= 15 is 0 Å². The molecule has 0 saturated carbocycles. The van der Waals surface area contributed by atoms with Gasteiger partial charge in [-0.2, -0.15) is 0 Å². The number of carbonyl (C=O) groups excluding carboxylic acids is 3. The lowest BCUT2D eigenvalue weighted by atomic mass is 10.2. The lowest BCUT2D eigenvalue weighted by Crippen LogP contribution is -2.73. The highest BCUT2D eigenvalue weighted by atomic mass is 16.2. The van der Waals surface area contributed by atoms with Gasteiger partial charge in [-0.15, -0.1) is 0 Å². The van der Waals surface area contributed by atoms with Crippen molar-refractivity contribution < 1.29 is 14.4 Å². The van der Waals surface area contributed by atoms with Crippen molar-refractivity contribution in [2.24, 2.45) is 0 Å². The molecule has 0 bridgehead atoms. The Bertz CT molecular complexity index is 382. The molecule has 0 aliphatic carbocycles. The van der Waals surface area contributed by atoms with Gasteiger partial charge in [0, 0.05) is 6.92 Å². The molecule has 3 aliphatic rings. The zero-order valence-corrected chi connectivity index (χ0v) is 8.98. The van der Waals surface area contributed by atoms with Crippen molar-refractivity contribution in [1.82, 2.24) is 31.5 Å². The summed E-state index contributed by atoms with van der Waals surface area (Å²) >= 11 is 0. The first-order valence-corrected chi connectivity index (χ1v) is 5.25. The maximum Gasteiger partial charge on any atom is 0.317 e. The van der Waals surface area contributed by atoms with E-state index in [1.165, 1.54) is 11.8 Å². The van der Waals surface area contributed by atoms with Crippen molar-refractivity contribution in [2.45, 2.75) is 31.6 Å². The minimum Gasteiger partial charge on any atom is -0.319 e. The van der Waals surface area contributed by atoms with E-state index in [9.17, 15) is 14.4 Å². The Morgan fingerprint density at radius 3 is 1.88 bits per heavy atom. The Kier molecular flexibility index (Phi) is 1.93. The van der Waals surface area contributed by atoms with Crippen molar-refractivity contribution >= 4 is 18.0 Å². The number of rotatable bonds is 0. The number of hydrogen-bond donors (Lipinski definition) is 5. The molecule has 0 radical (unpaired) electrons. The summed E-state index contributed by atoms with van der Waals surface area (Å²) in [6.07, 6.45) is -1.82. The fourth-order valence-electron chi connectivity index (χ4n) is 2.44. The summed E-state index contributed by atoms with van der Waals surface area (Å²) in [4.78, 5) is 35.6. The van der Waals surface area contributed by atoms with Gasteiger partial charge in [0.2, 0.25) is 5.91 Å². The quantitative estimate of drug-likeness (QED) is 0.318. The number of fused-ring (bicyclic) bond motifs is 2. The second-order valence-corrected chi connectivity index (χ2v) is 4.17. The van der Waals surface area contributed by atoms with E-state index in [-0.39, 0.29) is 18.0 Å². The first-order valence-electron chi connectivity index (χ1n) is 5.25. The smallest absolute Gasteiger partial charge is 0.317 e. The van der Waals surface area contributed by atoms with Gasteiger partial charge < -0.3 is 21.3 Å². The minimum atomic E-state index is -0.499. The minimum absolute atomic E-state index is 0.218. The molecule has 3 rings (SSSR count). The van der Waals surface area contributed by atoms with Crippen LogP contribution in [0.25, 0.3) is 0 Å². The van der Waals surface area contributed by atoms with Crippen molar-refractivity contribution in [3.63, 3.8) is 0 Å². The number of urea groups is 2. The van der Waals surface area contributed by atoms with Gasteiger partial charge in [0.05, 0.1) is 0 Å². The van der Waals surface area contributed by atoms with Crippen LogP contribution in [0.2, 0.25) is 0 Å². The number of hydrogen-bond acceptors (Lipinski definition) is 4. The molecule has 0 aromatic rings. The summed E-state index contributed by atoms with van der Waals surface area (Å²) in [5.74, 6) is -0.218. The number of nitrogens with one attached hydrogen (secondary N) is 5. The standard InChI is InChI=1S/C8H12N6O3/c1-2(15)14-5-3(10-7(16)12-5)9-4-6(14)13-8(17)11-4/h3-6,9H,1H3,(H2,10,12,16)(H2,11,13,17)/t3-,4+,5-,6-/m1/s1. The predicted octanol–water partition coefficient (Wildman–Crippen LogP) is -2.63. The van der Waals surface area contributed by atoms with Gasteiger partial charge in [0.15, 0.2) is 0 Å². The monoisotopic (exact) mass is 240 g/mol. The Balaban J connectivity index is 1.92. The van der Waals surface area contributed by atoms with E-state index in [0.29, 0.717) is 0 Å². The molecule has 3 saturated heterocycles. The van der Waals surface area contributed by atoms with Gasteiger partial charge in [-0.1, -0.05) is 0 Å². The van der Waals surface area contributed by atoms with Gasteiger partial charge in [-0.05, 0) is 0 Å². The molecule has 0 spiro atoms. The normalized spacial score (nSPS) is 38.5. The SMILES string of the molecule is CC(=O)N1[C@H]2NC(=O)N[C@@H]2N[C@@H]2NC(=O)N[C@@H]21. The molecule has 0 aromatic heterocycles. The Hall–Kier alpha value is -2.03. The van der Waals surface area contributed by atoms with Crippen LogP contribution in [0.5, 0.6) is 0 Å². The van der Waals surface area contributed by atoms with Crippen molar-refractivity contribution in [3.05, 3.63) is 0 Å². The largest absolute Gasteiger partial charge is 0.319 e. The summed E-state index contributed by atoms with van der Waals surface area (Å²) in [6, 6.07) is -0.685. The summed E-state index contributed by atoms with van der Waals surface area (Å²) < 4.78 is 0. The van der Waals surface area contributed by atoms with Crippen molar-refractivity contribution in [2.75, 3.05) is 0 Å². The number of carbonyl (C=O) groups is 3. The molecular formula is C8H12N6O3. The molecule has 9 heteroatoms. The number of amides is 5. The van der Waals surface area contributed by atoms with E-state index in [4.69, 9.17) is 0 Å². The molecule has 0 aromatic carbocycles. The van der Waals surface area contributed by atoms with E-state index in [1.54, 1.807) is 0 Å². The topological polar surface area (TPSA) is 115 Å². The van der Waals surface area contributed by atoms with Gasteiger partial charge in [-0.3, -0.25) is 15.0 Å². The van der Waals surface area contributed by atoms with Crippen LogP contribution in [0, 0.1) is 0 Å². The maximum atomic E-state index is 11.6. The summed E-state index contributed by atoms with van der Waals surface area (Å²) in [5.41, 5.74) is 0. The molecule has 0 unspecified atom stereocenters. The Labute approximate surface area is 96.3 Å². The fraction of sp³-hybridized carbons (Fsp3) is 0.625.